The van der Waals surface area contributed by atoms with Gasteiger partial charge in [-0.2, -0.15) is 0 Å². The number of benzene rings is 2. The molecule has 0 saturated carbocycles. The van der Waals surface area contributed by atoms with E-state index in [2.05, 4.69) is 10.3 Å². The number of pyridine rings is 1. The fourth-order valence-electron chi connectivity index (χ4n) is 2.58. The zero-order chi connectivity index (χ0) is 19.4. The van der Waals surface area contributed by atoms with Gasteiger partial charge in [-0.25, -0.2) is 4.39 Å². The molecule has 2 aromatic carbocycles. The Kier molecular flexibility index (Phi) is 6.14. The molecule has 0 saturated heterocycles. The first-order valence-corrected chi connectivity index (χ1v) is 9.91. The van der Waals surface area contributed by atoms with E-state index >= 15 is 0 Å². The Hall–Kier alpha value is -2.37. The first kappa shape index (κ1) is 19.4. The van der Waals surface area contributed by atoms with Crippen molar-refractivity contribution in [3.63, 3.8) is 0 Å². The lowest BCUT2D eigenvalue weighted by Crippen LogP contribution is -2.23. The summed E-state index contributed by atoms with van der Waals surface area (Å²) < 4.78 is 13.8. The van der Waals surface area contributed by atoms with Crippen LogP contribution in [0.3, 0.4) is 0 Å². The highest BCUT2D eigenvalue weighted by Crippen LogP contribution is 2.29. The number of halogens is 2. The first-order valence-electron chi connectivity index (χ1n) is 8.30. The standard InChI is InChI=1S/C21H18ClFN2OS/c1-13-3-4-14(11-24-13)12-25-21(26)17-7-16(8-18(9-17)27-2)15-5-6-19(22)20(23)10-15/h3-11H,12H2,1-2H3,(H,25,26). The molecule has 0 aliphatic carbocycles. The number of nitrogens with zero attached hydrogens (tertiary/aromatic N) is 1. The Bertz CT molecular complexity index is 976. The third-order valence-corrected chi connectivity index (χ3v) is 5.10. The van der Waals surface area contributed by atoms with Crippen molar-refractivity contribution in [3.05, 3.63) is 82.4 Å². The van der Waals surface area contributed by atoms with Gasteiger partial charge in [-0.15, -0.1) is 11.8 Å². The van der Waals surface area contributed by atoms with Crippen LogP contribution < -0.4 is 5.32 Å². The van der Waals surface area contributed by atoms with Gasteiger partial charge in [0.25, 0.3) is 5.91 Å². The van der Waals surface area contributed by atoms with Crippen LogP contribution in [-0.4, -0.2) is 17.1 Å². The zero-order valence-electron chi connectivity index (χ0n) is 14.9. The number of thioether (sulfide) groups is 1. The molecule has 0 radical (unpaired) electrons. The molecular weight excluding hydrogens is 383 g/mol. The van der Waals surface area contributed by atoms with Crippen molar-refractivity contribution in [2.24, 2.45) is 0 Å². The Morgan fingerprint density at radius 2 is 1.96 bits per heavy atom. The minimum absolute atomic E-state index is 0.0736. The number of amides is 1. The van der Waals surface area contributed by atoms with E-state index in [1.807, 2.05) is 37.4 Å². The Balaban J connectivity index is 1.84. The highest BCUT2D eigenvalue weighted by atomic mass is 35.5. The van der Waals surface area contributed by atoms with Crippen LogP contribution in [0.15, 0.2) is 59.6 Å². The average Bonchev–Trinajstić information content (AvgIpc) is 2.69. The summed E-state index contributed by atoms with van der Waals surface area (Å²) in [7, 11) is 0. The summed E-state index contributed by atoms with van der Waals surface area (Å²) in [6.07, 6.45) is 3.68. The molecule has 0 aliphatic heterocycles. The smallest absolute Gasteiger partial charge is 0.251 e. The van der Waals surface area contributed by atoms with Gasteiger partial charge >= 0.3 is 0 Å². The van der Waals surface area contributed by atoms with Crippen LogP contribution in [0.25, 0.3) is 11.1 Å². The Morgan fingerprint density at radius 1 is 1.15 bits per heavy atom. The van der Waals surface area contributed by atoms with Crippen LogP contribution in [0.4, 0.5) is 4.39 Å². The molecule has 3 aromatic rings. The summed E-state index contributed by atoms with van der Waals surface area (Å²) in [4.78, 5) is 17.8. The maximum atomic E-state index is 13.8. The van der Waals surface area contributed by atoms with E-state index in [9.17, 15) is 9.18 Å². The van der Waals surface area contributed by atoms with E-state index in [0.717, 1.165) is 21.7 Å². The van der Waals surface area contributed by atoms with Crippen molar-refractivity contribution in [2.45, 2.75) is 18.4 Å². The summed E-state index contributed by atoms with van der Waals surface area (Å²) >= 11 is 7.29. The van der Waals surface area contributed by atoms with Crippen LogP contribution in [0, 0.1) is 12.7 Å². The zero-order valence-corrected chi connectivity index (χ0v) is 16.5. The third-order valence-electron chi connectivity index (χ3n) is 4.08. The van der Waals surface area contributed by atoms with Gasteiger partial charge in [0, 0.05) is 28.9 Å². The maximum absolute atomic E-state index is 13.8. The van der Waals surface area contributed by atoms with Crippen LogP contribution in [0.1, 0.15) is 21.6 Å². The van der Waals surface area contributed by atoms with Gasteiger partial charge < -0.3 is 5.32 Å². The highest BCUT2D eigenvalue weighted by Gasteiger charge is 2.11. The van der Waals surface area contributed by atoms with Crippen molar-refractivity contribution in [3.8, 4) is 11.1 Å². The first-order chi connectivity index (χ1) is 13.0. The average molecular weight is 401 g/mol. The molecule has 1 N–H and O–H groups in total. The molecule has 1 aromatic heterocycles. The summed E-state index contributed by atoms with van der Waals surface area (Å²) in [5.41, 5.74) is 3.81. The lowest BCUT2D eigenvalue weighted by Gasteiger charge is -2.10. The van der Waals surface area contributed by atoms with Crippen molar-refractivity contribution in [2.75, 3.05) is 6.26 Å². The molecule has 0 aliphatic rings. The summed E-state index contributed by atoms with van der Waals surface area (Å²) in [6.45, 7) is 2.30. The fourth-order valence-corrected chi connectivity index (χ4v) is 3.18. The molecule has 3 nitrogen and oxygen atoms in total. The normalized spacial score (nSPS) is 10.7. The fraction of sp³-hybridized carbons (Fsp3) is 0.143. The van der Waals surface area contributed by atoms with Crippen LogP contribution >= 0.6 is 23.4 Å². The summed E-state index contributed by atoms with van der Waals surface area (Å²) in [6, 6.07) is 14.0. The Labute approximate surface area is 167 Å². The van der Waals surface area contributed by atoms with E-state index in [-0.39, 0.29) is 10.9 Å². The second-order valence-corrected chi connectivity index (χ2v) is 7.36. The number of nitrogens with one attached hydrogen (secondary N) is 1. The molecule has 6 heteroatoms. The van der Waals surface area contributed by atoms with E-state index in [4.69, 9.17) is 11.6 Å². The summed E-state index contributed by atoms with van der Waals surface area (Å²) in [5.74, 6) is -0.677. The molecule has 0 unspecified atom stereocenters. The van der Waals surface area contributed by atoms with E-state index < -0.39 is 5.82 Å². The number of carbonyl (C=O) groups excluding carboxylic acids is 1. The number of hydrogen-bond acceptors (Lipinski definition) is 3. The molecule has 1 amide bonds. The second-order valence-electron chi connectivity index (χ2n) is 6.07. The van der Waals surface area contributed by atoms with E-state index in [0.29, 0.717) is 17.7 Å². The summed E-state index contributed by atoms with van der Waals surface area (Å²) in [5, 5.41) is 2.98. The number of rotatable bonds is 5. The van der Waals surface area contributed by atoms with Crippen molar-refractivity contribution >= 4 is 29.3 Å². The SMILES string of the molecule is CSc1cc(C(=O)NCc2ccc(C)nc2)cc(-c2ccc(Cl)c(F)c2)c1. The molecule has 0 fully saturated rings. The predicted molar refractivity (Wildman–Crippen MR) is 109 cm³/mol. The Morgan fingerprint density at radius 3 is 2.63 bits per heavy atom. The second kappa shape index (κ2) is 8.55. The molecule has 27 heavy (non-hydrogen) atoms. The van der Waals surface area contributed by atoms with Gasteiger partial charge in [0.05, 0.1) is 5.02 Å². The molecule has 138 valence electrons. The molecule has 1 heterocycles. The third kappa shape index (κ3) is 4.87. The van der Waals surface area contributed by atoms with Gasteiger partial charge in [0.1, 0.15) is 5.82 Å². The van der Waals surface area contributed by atoms with Gasteiger partial charge in [-0.1, -0.05) is 23.7 Å². The van der Waals surface area contributed by atoms with E-state index in [1.54, 1.807) is 18.3 Å². The largest absolute Gasteiger partial charge is 0.348 e. The molecule has 0 spiro atoms. The molecule has 0 bridgehead atoms. The lowest BCUT2D eigenvalue weighted by molar-refractivity contribution is 0.0950. The van der Waals surface area contributed by atoms with Gasteiger partial charge in [0.15, 0.2) is 0 Å². The topological polar surface area (TPSA) is 42.0 Å². The van der Waals surface area contributed by atoms with Crippen LogP contribution in [0.5, 0.6) is 0 Å². The van der Waals surface area contributed by atoms with Crippen molar-refractivity contribution in [1.29, 1.82) is 0 Å². The maximum Gasteiger partial charge on any atom is 0.251 e. The van der Waals surface area contributed by atoms with E-state index in [1.165, 1.54) is 23.9 Å². The number of carbonyl (C=O) groups is 1. The van der Waals surface area contributed by atoms with Crippen molar-refractivity contribution in [1.82, 2.24) is 10.3 Å². The van der Waals surface area contributed by atoms with Crippen LogP contribution in [-0.2, 0) is 6.54 Å². The molecule has 0 atom stereocenters. The van der Waals surface area contributed by atoms with Gasteiger partial charge in [-0.05, 0) is 66.3 Å². The minimum atomic E-state index is -0.485. The van der Waals surface area contributed by atoms with Gasteiger partial charge in [0.2, 0.25) is 0 Å². The van der Waals surface area contributed by atoms with Crippen LogP contribution in [0.2, 0.25) is 5.02 Å². The number of aryl methyl sites for hydroxylation is 1. The number of aromatic nitrogens is 1. The number of hydrogen-bond donors (Lipinski definition) is 1. The monoisotopic (exact) mass is 400 g/mol. The van der Waals surface area contributed by atoms with Gasteiger partial charge in [-0.3, -0.25) is 9.78 Å². The highest BCUT2D eigenvalue weighted by molar-refractivity contribution is 7.98. The molecular formula is C21H18ClFN2OS. The predicted octanol–water partition coefficient (Wildman–Crippen LogP) is 5.50. The molecule has 3 rings (SSSR count). The lowest BCUT2D eigenvalue weighted by atomic mass is 10.0. The quantitative estimate of drug-likeness (QED) is 0.575. The van der Waals surface area contributed by atoms with Crippen molar-refractivity contribution < 1.29 is 9.18 Å². The minimum Gasteiger partial charge on any atom is -0.348 e.